The number of fused-ring (bicyclic) bond motifs is 1. The molecular weight excluding hydrogens is 463 g/mol. The topological polar surface area (TPSA) is 126 Å². The maximum absolute atomic E-state index is 12.3. The van der Waals surface area contributed by atoms with E-state index in [2.05, 4.69) is 20.0 Å². The Morgan fingerprint density at radius 1 is 1.18 bits per heavy atom. The summed E-state index contributed by atoms with van der Waals surface area (Å²) < 4.78 is 19.3. The predicted molar refractivity (Wildman–Crippen MR) is 130 cm³/mol. The van der Waals surface area contributed by atoms with Gasteiger partial charge in [0.05, 0.1) is 25.1 Å². The molecular formula is C21H29N6O4PS. The molecule has 3 aromatic rings. The zero-order valence-electron chi connectivity index (χ0n) is 19.0. The lowest BCUT2D eigenvalue weighted by Gasteiger charge is -2.28. The Kier molecular flexibility index (Phi) is 8.36. The second kappa shape index (κ2) is 11.0. The van der Waals surface area contributed by atoms with Gasteiger partial charge in [-0.25, -0.2) is 20.0 Å². The van der Waals surface area contributed by atoms with Crippen molar-refractivity contribution in [3.63, 3.8) is 0 Å². The Morgan fingerprint density at radius 2 is 1.91 bits per heavy atom. The summed E-state index contributed by atoms with van der Waals surface area (Å²) in [5, 5.41) is 3.15. The third-order valence-electron chi connectivity index (χ3n) is 4.50. The van der Waals surface area contributed by atoms with E-state index in [0.29, 0.717) is 29.3 Å². The number of para-hydroxylation sites is 1. The number of hydrogen-bond donors (Lipinski definition) is 2. The Morgan fingerprint density at radius 3 is 2.61 bits per heavy atom. The summed E-state index contributed by atoms with van der Waals surface area (Å²) in [7, 11) is 0. The number of carbonyl (C=O) groups is 1. The molecule has 1 aromatic carbocycles. The fourth-order valence-corrected chi connectivity index (χ4v) is 5.71. The van der Waals surface area contributed by atoms with Gasteiger partial charge in [0.15, 0.2) is 11.5 Å². The number of nitrogens with two attached hydrogens (primary N) is 1. The van der Waals surface area contributed by atoms with E-state index in [1.807, 2.05) is 41.8 Å². The number of hydrogen-bond acceptors (Lipinski definition) is 9. The minimum absolute atomic E-state index is 0.0987. The minimum atomic E-state index is -2.80. The van der Waals surface area contributed by atoms with Gasteiger partial charge in [0, 0.05) is 0 Å². The number of aromatic nitrogens is 4. The molecule has 0 fully saturated rings. The van der Waals surface area contributed by atoms with Crippen LogP contribution in [-0.4, -0.2) is 50.1 Å². The van der Waals surface area contributed by atoms with Crippen molar-refractivity contribution in [2.45, 2.75) is 52.5 Å². The molecule has 3 atom stereocenters. The largest absolute Gasteiger partial charge is 0.462 e. The summed E-state index contributed by atoms with van der Waals surface area (Å²) in [5.74, 6) is 0.526. The van der Waals surface area contributed by atoms with Crippen LogP contribution in [0.3, 0.4) is 0 Å². The van der Waals surface area contributed by atoms with Crippen LogP contribution in [0.15, 0.2) is 43.0 Å². The van der Waals surface area contributed by atoms with Gasteiger partial charge in [-0.1, -0.05) is 18.2 Å². The lowest BCUT2D eigenvalue weighted by atomic mass is 10.3. The standard InChI is InChI=1S/C21H29N6O4PS/c1-14(2)30-21(28)16(4)26-32(33,31-17-8-6-5-7-9-17)13-29-15(3)10-27-12-25-18-19(22)23-11-24-20(18)27/h5-9,11-12,14-16H,10,13H2,1-4H3,(H,26,33)(H2,22,23,24)/t15-,16+,32?/m1/s1. The maximum atomic E-state index is 12.3. The van der Waals surface area contributed by atoms with Gasteiger partial charge in [-0.3, -0.25) is 4.79 Å². The fourth-order valence-electron chi connectivity index (χ4n) is 3.01. The molecule has 0 saturated carbocycles. The third kappa shape index (κ3) is 6.94. The Bertz CT molecular complexity index is 1130. The van der Waals surface area contributed by atoms with E-state index in [1.54, 1.807) is 27.1 Å². The summed E-state index contributed by atoms with van der Waals surface area (Å²) in [6.07, 6.45) is -0.138. The molecule has 2 aromatic heterocycles. The van der Waals surface area contributed by atoms with E-state index >= 15 is 0 Å². The first-order chi connectivity index (χ1) is 15.7. The van der Waals surface area contributed by atoms with Gasteiger partial charge in [-0.05, 0) is 51.6 Å². The van der Waals surface area contributed by atoms with E-state index in [1.165, 1.54) is 6.33 Å². The lowest BCUT2D eigenvalue weighted by Crippen LogP contribution is -2.37. The van der Waals surface area contributed by atoms with Crippen LogP contribution in [0.4, 0.5) is 5.82 Å². The van der Waals surface area contributed by atoms with Crippen LogP contribution in [0, 0.1) is 0 Å². The first kappa shape index (κ1) is 25.0. The molecule has 0 aliphatic carbocycles. The van der Waals surface area contributed by atoms with E-state index in [0.717, 1.165) is 0 Å². The molecule has 3 N–H and O–H groups in total. The highest BCUT2D eigenvalue weighted by molar-refractivity contribution is 8.11. The number of nitrogen functional groups attached to an aromatic ring is 1. The van der Waals surface area contributed by atoms with Gasteiger partial charge in [0.2, 0.25) is 6.42 Å². The van der Waals surface area contributed by atoms with Crippen molar-refractivity contribution >= 4 is 41.2 Å². The average Bonchev–Trinajstić information content (AvgIpc) is 3.16. The number of esters is 1. The Labute approximate surface area is 198 Å². The third-order valence-corrected chi connectivity index (χ3v) is 7.14. The molecule has 0 spiro atoms. The number of nitrogens with one attached hydrogen (secondary N) is 1. The summed E-state index contributed by atoms with van der Waals surface area (Å²) >= 11 is 5.84. The van der Waals surface area contributed by atoms with Crippen LogP contribution >= 0.6 is 6.42 Å². The van der Waals surface area contributed by atoms with E-state index < -0.39 is 18.4 Å². The summed E-state index contributed by atoms with van der Waals surface area (Å²) in [5.41, 5.74) is 7.03. The summed E-state index contributed by atoms with van der Waals surface area (Å²) in [6.45, 7) is 7.67. The van der Waals surface area contributed by atoms with Gasteiger partial charge < -0.3 is 24.3 Å². The van der Waals surface area contributed by atoms with E-state index in [-0.39, 0.29) is 18.6 Å². The zero-order valence-corrected chi connectivity index (χ0v) is 20.8. The van der Waals surface area contributed by atoms with Crippen LogP contribution in [0.25, 0.3) is 11.2 Å². The average molecular weight is 493 g/mol. The van der Waals surface area contributed by atoms with Gasteiger partial charge in [-0.15, -0.1) is 0 Å². The van der Waals surface area contributed by atoms with Crippen molar-refractivity contribution in [1.29, 1.82) is 0 Å². The molecule has 33 heavy (non-hydrogen) atoms. The molecule has 1 unspecified atom stereocenters. The minimum Gasteiger partial charge on any atom is -0.462 e. The number of nitrogens with zero attached hydrogens (tertiary/aromatic N) is 4. The summed E-state index contributed by atoms with van der Waals surface area (Å²) in [6, 6.07) is 8.56. The van der Waals surface area contributed by atoms with Crippen molar-refractivity contribution < 1.29 is 18.8 Å². The molecule has 10 nitrogen and oxygen atoms in total. The number of anilines is 1. The first-order valence-corrected chi connectivity index (χ1v) is 13.4. The molecule has 3 rings (SSSR count). The van der Waals surface area contributed by atoms with Crippen molar-refractivity contribution in [2.75, 3.05) is 12.1 Å². The number of rotatable bonds is 11. The lowest BCUT2D eigenvalue weighted by molar-refractivity contribution is -0.148. The van der Waals surface area contributed by atoms with Gasteiger partial charge >= 0.3 is 5.97 Å². The van der Waals surface area contributed by atoms with Crippen molar-refractivity contribution in [1.82, 2.24) is 24.6 Å². The Hall–Kier alpha value is -2.59. The van der Waals surface area contributed by atoms with Crippen LogP contribution in [-0.2, 0) is 32.6 Å². The predicted octanol–water partition coefficient (Wildman–Crippen LogP) is 3.09. The monoisotopic (exact) mass is 492 g/mol. The molecule has 0 amide bonds. The van der Waals surface area contributed by atoms with Crippen LogP contribution in [0.2, 0.25) is 0 Å². The zero-order chi connectivity index (χ0) is 24.0. The van der Waals surface area contributed by atoms with Crippen LogP contribution in [0.1, 0.15) is 27.7 Å². The normalized spacial score (nSPS) is 15.2. The second-order valence-corrected chi connectivity index (χ2v) is 11.7. The maximum Gasteiger partial charge on any atom is 0.323 e. The first-order valence-electron chi connectivity index (χ1n) is 10.5. The Balaban J connectivity index is 1.70. The number of imidazole rings is 1. The highest BCUT2D eigenvalue weighted by Gasteiger charge is 2.28. The fraction of sp³-hybridized carbons (Fsp3) is 0.429. The highest BCUT2D eigenvalue weighted by Crippen LogP contribution is 2.44. The molecule has 0 aliphatic heterocycles. The van der Waals surface area contributed by atoms with Crippen molar-refractivity contribution in [3.8, 4) is 5.75 Å². The van der Waals surface area contributed by atoms with Gasteiger partial charge in [-0.2, -0.15) is 0 Å². The number of carbonyl (C=O) groups excluding carboxylic acids is 1. The number of benzene rings is 1. The van der Waals surface area contributed by atoms with Gasteiger partial charge in [0.1, 0.15) is 30.0 Å². The van der Waals surface area contributed by atoms with Crippen molar-refractivity contribution in [2.24, 2.45) is 0 Å². The molecule has 0 bridgehead atoms. The van der Waals surface area contributed by atoms with Gasteiger partial charge in [0.25, 0.3) is 0 Å². The second-order valence-electron chi connectivity index (χ2n) is 7.85. The molecule has 0 radical (unpaired) electrons. The molecule has 0 saturated heterocycles. The molecule has 0 aliphatic rings. The smallest absolute Gasteiger partial charge is 0.323 e. The van der Waals surface area contributed by atoms with Crippen LogP contribution < -0.4 is 15.3 Å². The van der Waals surface area contributed by atoms with E-state index in [4.69, 9.17) is 31.5 Å². The van der Waals surface area contributed by atoms with Crippen molar-refractivity contribution in [3.05, 3.63) is 43.0 Å². The van der Waals surface area contributed by atoms with Crippen LogP contribution in [0.5, 0.6) is 5.75 Å². The quantitative estimate of drug-likeness (QED) is 0.304. The summed E-state index contributed by atoms with van der Waals surface area (Å²) in [4.78, 5) is 24.8. The molecule has 2 heterocycles. The highest BCUT2D eigenvalue weighted by atomic mass is 32.4. The molecule has 178 valence electrons. The van der Waals surface area contributed by atoms with E-state index in [9.17, 15) is 4.79 Å². The number of ether oxygens (including phenoxy) is 2. The SMILES string of the molecule is CC(C)OC(=O)[C@H](C)NP(=S)(CO[C@H](C)Cn1cnc2c(N)ncnc21)Oc1ccccc1. The molecule has 12 heteroatoms.